The predicted molar refractivity (Wildman–Crippen MR) is 96.6 cm³/mol. The van der Waals surface area contributed by atoms with Gasteiger partial charge < -0.3 is 4.74 Å². The fraction of sp³-hybridized carbons (Fsp3) is 0.176. The summed E-state index contributed by atoms with van der Waals surface area (Å²) in [6.07, 6.45) is 0. The second-order valence-electron chi connectivity index (χ2n) is 4.80. The Morgan fingerprint density at radius 2 is 1.91 bits per heavy atom. The first kappa shape index (κ1) is 16.2. The first-order chi connectivity index (χ1) is 11.1. The lowest BCUT2D eigenvalue weighted by molar-refractivity contribution is 0.0531. The van der Waals surface area contributed by atoms with Gasteiger partial charge in [-0.05, 0) is 32.0 Å². The molecular formula is C17H14ClNO2S2. The average Bonchev–Trinajstić information content (AvgIpc) is 3.14. The lowest BCUT2D eigenvalue weighted by Gasteiger charge is -1.99. The van der Waals surface area contributed by atoms with Crippen molar-refractivity contribution in [2.45, 2.75) is 13.8 Å². The van der Waals surface area contributed by atoms with Crippen molar-refractivity contribution in [2.75, 3.05) is 6.61 Å². The number of nitrogens with zero attached hydrogens (tertiary/aromatic N) is 1. The minimum Gasteiger partial charge on any atom is -0.462 e. The monoisotopic (exact) mass is 363 g/mol. The van der Waals surface area contributed by atoms with Crippen LogP contribution in [0.5, 0.6) is 0 Å². The third kappa shape index (κ3) is 3.32. The molecule has 6 heteroatoms. The number of rotatable bonds is 4. The summed E-state index contributed by atoms with van der Waals surface area (Å²) in [6.45, 7) is 3.99. The van der Waals surface area contributed by atoms with Gasteiger partial charge in [0.2, 0.25) is 0 Å². The number of ether oxygens (including phenoxy) is 1. The van der Waals surface area contributed by atoms with Gasteiger partial charge in [0.15, 0.2) is 0 Å². The van der Waals surface area contributed by atoms with Crippen molar-refractivity contribution < 1.29 is 9.53 Å². The number of hydrogen-bond donors (Lipinski definition) is 0. The average molecular weight is 364 g/mol. The highest BCUT2D eigenvalue weighted by atomic mass is 35.5. The number of aryl methyl sites for hydroxylation is 1. The van der Waals surface area contributed by atoms with E-state index in [-0.39, 0.29) is 5.97 Å². The molecule has 23 heavy (non-hydrogen) atoms. The molecule has 0 N–H and O–H groups in total. The van der Waals surface area contributed by atoms with Crippen LogP contribution in [0.4, 0.5) is 0 Å². The van der Waals surface area contributed by atoms with E-state index in [1.807, 2.05) is 43.3 Å². The maximum absolute atomic E-state index is 11.9. The van der Waals surface area contributed by atoms with E-state index in [1.165, 1.54) is 11.3 Å². The Labute approximate surface area is 147 Å². The van der Waals surface area contributed by atoms with E-state index in [4.69, 9.17) is 16.3 Å². The van der Waals surface area contributed by atoms with Crippen molar-refractivity contribution in [3.63, 3.8) is 0 Å². The summed E-state index contributed by atoms with van der Waals surface area (Å²) in [7, 11) is 0. The normalized spacial score (nSPS) is 10.7. The molecule has 0 unspecified atom stereocenters. The Balaban J connectivity index is 1.94. The number of benzene rings is 1. The van der Waals surface area contributed by atoms with Crippen LogP contribution in [0.3, 0.4) is 0 Å². The van der Waals surface area contributed by atoms with E-state index in [9.17, 15) is 4.79 Å². The van der Waals surface area contributed by atoms with Crippen LogP contribution in [0.2, 0.25) is 5.02 Å². The van der Waals surface area contributed by atoms with Gasteiger partial charge >= 0.3 is 5.97 Å². The lowest BCUT2D eigenvalue weighted by atomic mass is 10.2. The van der Waals surface area contributed by atoms with Crippen LogP contribution in [-0.4, -0.2) is 17.6 Å². The molecule has 3 aromatic rings. The zero-order chi connectivity index (χ0) is 16.4. The van der Waals surface area contributed by atoms with Gasteiger partial charge in [0.05, 0.1) is 17.2 Å². The smallest absolute Gasteiger partial charge is 0.350 e. The number of carbonyl (C=O) groups excluding carboxylic acids is 1. The Hall–Kier alpha value is -1.69. The van der Waals surface area contributed by atoms with Crippen LogP contribution in [0.25, 0.3) is 20.3 Å². The Morgan fingerprint density at radius 3 is 2.65 bits per heavy atom. The summed E-state index contributed by atoms with van der Waals surface area (Å²) < 4.78 is 5.07. The largest absolute Gasteiger partial charge is 0.462 e. The van der Waals surface area contributed by atoms with Crippen LogP contribution in [0.1, 0.15) is 22.3 Å². The standard InChI is InChI=1S/C17H14ClNO2S2/c1-3-21-17(20)15-10(2)19-16(23-15)14-9-8-13(22-14)11-6-4-5-7-12(11)18/h4-9H,3H2,1-2H3. The topological polar surface area (TPSA) is 39.2 Å². The molecule has 3 rings (SSSR count). The van der Waals surface area contributed by atoms with E-state index in [1.54, 1.807) is 18.3 Å². The molecule has 0 saturated heterocycles. The number of halogens is 1. The molecule has 0 spiro atoms. The third-order valence-corrected chi connectivity index (χ3v) is 5.97. The molecule has 0 bridgehead atoms. The zero-order valence-corrected chi connectivity index (χ0v) is 15.0. The van der Waals surface area contributed by atoms with E-state index in [0.29, 0.717) is 17.2 Å². The Kier molecular flexibility index (Phi) is 4.80. The quantitative estimate of drug-likeness (QED) is 0.560. The van der Waals surface area contributed by atoms with Gasteiger partial charge in [-0.25, -0.2) is 9.78 Å². The van der Waals surface area contributed by atoms with Crippen molar-refractivity contribution in [2.24, 2.45) is 0 Å². The number of hydrogen-bond acceptors (Lipinski definition) is 5. The van der Waals surface area contributed by atoms with Crippen molar-refractivity contribution in [1.82, 2.24) is 4.98 Å². The van der Waals surface area contributed by atoms with Crippen LogP contribution in [-0.2, 0) is 4.74 Å². The van der Waals surface area contributed by atoms with Crippen molar-refractivity contribution in [1.29, 1.82) is 0 Å². The van der Waals surface area contributed by atoms with Gasteiger partial charge in [-0.15, -0.1) is 22.7 Å². The molecule has 0 amide bonds. The van der Waals surface area contributed by atoms with Gasteiger partial charge in [0.25, 0.3) is 0 Å². The molecule has 0 atom stereocenters. The van der Waals surface area contributed by atoms with Gasteiger partial charge in [0, 0.05) is 15.5 Å². The molecular weight excluding hydrogens is 350 g/mol. The first-order valence-electron chi connectivity index (χ1n) is 7.09. The van der Waals surface area contributed by atoms with Gasteiger partial charge in [-0.2, -0.15) is 0 Å². The molecule has 3 nitrogen and oxygen atoms in total. The summed E-state index contributed by atoms with van der Waals surface area (Å²) in [4.78, 5) is 19.1. The molecule has 0 radical (unpaired) electrons. The second kappa shape index (κ2) is 6.83. The third-order valence-electron chi connectivity index (χ3n) is 3.21. The zero-order valence-electron chi connectivity index (χ0n) is 12.6. The minimum absolute atomic E-state index is 0.309. The van der Waals surface area contributed by atoms with Crippen LogP contribution >= 0.6 is 34.3 Å². The summed E-state index contributed by atoms with van der Waals surface area (Å²) >= 11 is 9.23. The van der Waals surface area contributed by atoms with Gasteiger partial charge in [0.1, 0.15) is 9.88 Å². The molecule has 0 fully saturated rings. The molecule has 0 aliphatic heterocycles. The van der Waals surface area contributed by atoms with Crippen molar-refractivity contribution >= 4 is 40.2 Å². The number of aromatic nitrogens is 1. The van der Waals surface area contributed by atoms with Gasteiger partial charge in [-0.3, -0.25) is 0 Å². The van der Waals surface area contributed by atoms with Crippen LogP contribution in [0.15, 0.2) is 36.4 Å². The fourth-order valence-electron chi connectivity index (χ4n) is 2.15. The Bertz CT molecular complexity index is 854. The SMILES string of the molecule is CCOC(=O)c1sc(-c2ccc(-c3ccccc3Cl)s2)nc1C. The summed E-state index contributed by atoms with van der Waals surface area (Å²) in [5.74, 6) is -0.309. The van der Waals surface area contributed by atoms with E-state index in [0.717, 1.165) is 25.3 Å². The number of carbonyl (C=O) groups is 1. The molecule has 118 valence electrons. The second-order valence-corrected chi connectivity index (χ2v) is 7.29. The first-order valence-corrected chi connectivity index (χ1v) is 9.11. The van der Waals surface area contributed by atoms with Gasteiger partial charge in [-0.1, -0.05) is 29.8 Å². The molecule has 2 heterocycles. The summed E-state index contributed by atoms with van der Waals surface area (Å²) in [5.41, 5.74) is 1.71. The highest BCUT2D eigenvalue weighted by Gasteiger charge is 2.18. The van der Waals surface area contributed by atoms with E-state index >= 15 is 0 Å². The maximum Gasteiger partial charge on any atom is 0.350 e. The Morgan fingerprint density at radius 1 is 1.17 bits per heavy atom. The van der Waals surface area contributed by atoms with Crippen molar-refractivity contribution in [3.05, 3.63) is 52.0 Å². The fourth-order valence-corrected chi connectivity index (χ4v) is 4.50. The van der Waals surface area contributed by atoms with Crippen LogP contribution in [0, 0.1) is 6.92 Å². The van der Waals surface area contributed by atoms with E-state index in [2.05, 4.69) is 4.98 Å². The summed E-state index contributed by atoms with van der Waals surface area (Å²) in [5, 5.41) is 1.55. The summed E-state index contributed by atoms with van der Waals surface area (Å²) in [6, 6.07) is 11.8. The number of esters is 1. The molecule has 1 aromatic carbocycles. The molecule has 0 aliphatic rings. The van der Waals surface area contributed by atoms with Crippen molar-refractivity contribution in [3.8, 4) is 20.3 Å². The lowest BCUT2D eigenvalue weighted by Crippen LogP contribution is -2.03. The van der Waals surface area contributed by atoms with E-state index < -0.39 is 0 Å². The number of thiazole rings is 1. The highest BCUT2D eigenvalue weighted by Crippen LogP contribution is 2.39. The predicted octanol–water partition coefficient (Wildman–Crippen LogP) is 5.68. The number of thiophene rings is 1. The maximum atomic E-state index is 11.9. The minimum atomic E-state index is -0.309. The van der Waals surface area contributed by atoms with Crippen LogP contribution < -0.4 is 0 Å². The molecule has 0 aliphatic carbocycles. The molecule has 0 saturated carbocycles. The highest BCUT2D eigenvalue weighted by molar-refractivity contribution is 7.24. The molecule has 2 aromatic heterocycles.